The van der Waals surface area contributed by atoms with Crippen molar-refractivity contribution in [3.05, 3.63) is 35.9 Å². The van der Waals surface area contributed by atoms with Gasteiger partial charge in [-0.25, -0.2) is 0 Å². The summed E-state index contributed by atoms with van der Waals surface area (Å²) in [6.45, 7) is 5.42. The Bertz CT molecular complexity index is 454. The molecule has 0 radical (unpaired) electrons. The molecule has 0 spiro atoms. The second-order valence-electron chi connectivity index (χ2n) is 4.28. The first kappa shape index (κ1) is 16.9. The molecule has 0 aliphatic heterocycles. The zero-order valence-electron chi connectivity index (χ0n) is 12.2. The van der Waals surface area contributed by atoms with E-state index < -0.39 is 13.4 Å². The third kappa shape index (κ3) is 5.08. The lowest BCUT2D eigenvalue weighted by Gasteiger charge is -2.26. The fourth-order valence-corrected chi connectivity index (χ4v) is 3.82. The van der Waals surface area contributed by atoms with E-state index in [9.17, 15) is 9.36 Å². The minimum atomic E-state index is -3.38. The Labute approximate surface area is 120 Å². The predicted molar refractivity (Wildman–Crippen MR) is 78.6 cm³/mol. The van der Waals surface area contributed by atoms with E-state index in [0.29, 0.717) is 6.42 Å². The van der Waals surface area contributed by atoms with Gasteiger partial charge in [-0.15, -0.1) is 0 Å². The molecule has 6 heteroatoms. The van der Waals surface area contributed by atoms with Gasteiger partial charge in [-0.3, -0.25) is 9.36 Å². The summed E-state index contributed by atoms with van der Waals surface area (Å²) < 4.78 is 23.4. The maximum Gasteiger partial charge on any atom is 0.353 e. The van der Waals surface area contributed by atoms with Gasteiger partial charge >= 0.3 is 7.60 Å². The molecular formula is C14H22NO4P. The van der Waals surface area contributed by atoms with Crippen molar-refractivity contribution in [2.45, 2.75) is 33.0 Å². The molecule has 1 atom stereocenters. The van der Waals surface area contributed by atoms with Crippen LogP contribution in [0.2, 0.25) is 0 Å². The molecule has 5 nitrogen and oxygen atoms in total. The Morgan fingerprint density at radius 1 is 1.20 bits per heavy atom. The Morgan fingerprint density at radius 2 is 1.75 bits per heavy atom. The van der Waals surface area contributed by atoms with Crippen molar-refractivity contribution in [2.75, 3.05) is 13.2 Å². The molecule has 0 bridgehead atoms. The summed E-state index contributed by atoms with van der Waals surface area (Å²) in [6.07, 6.45) is 0.400. The van der Waals surface area contributed by atoms with Crippen LogP contribution in [0.5, 0.6) is 0 Å². The lowest BCUT2D eigenvalue weighted by molar-refractivity contribution is -0.119. The number of hydrogen-bond acceptors (Lipinski definition) is 4. The maximum absolute atomic E-state index is 12.8. The first-order valence-electron chi connectivity index (χ1n) is 6.71. The molecule has 0 aliphatic rings. The zero-order chi connectivity index (χ0) is 15.0. The van der Waals surface area contributed by atoms with Crippen LogP contribution in [0.25, 0.3) is 0 Å². The Balaban J connectivity index is 2.97. The summed E-state index contributed by atoms with van der Waals surface area (Å²) >= 11 is 0. The van der Waals surface area contributed by atoms with Crippen molar-refractivity contribution in [2.24, 2.45) is 0 Å². The molecule has 0 saturated heterocycles. The third-order valence-electron chi connectivity index (χ3n) is 2.64. The number of benzene rings is 1. The largest absolute Gasteiger partial charge is 0.353 e. The number of rotatable bonds is 8. The Kier molecular flexibility index (Phi) is 6.93. The quantitative estimate of drug-likeness (QED) is 0.750. The number of amides is 1. The minimum absolute atomic E-state index is 0.259. The molecule has 0 aliphatic carbocycles. The molecular weight excluding hydrogens is 277 g/mol. The van der Waals surface area contributed by atoms with Gasteiger partial charge < -0.3 is 14.4 Å². The van der Waals surface area contributed by atoms with E-state index in [1.54, 1.807) is 13.8 Å². The van der Waals surface area contributed by atoms with Gasteiger partial charge in [-0.2, -0.15) is 0 Å². The molecule has 112 valence electrons. The average Bonchev–Trinajstić information content (AvgIpc) is 2.39. The van der Waals surface area contributed by atoms with Crippen LogP contribution in [0.1, 0.15) is 26.3 Å². The molecule has 1 rings (SSSR count). The summed E-state index contributed by atoms with van der Waals surface area (Å²) in [5, 5.41) is 2.69. The van der Waals surface area contributed by atoms with Crippen molar-refractivity contribution < 1.29 is 18.4 Å². The molecule has 1 aromatic rings. The second kappa shape index (κ2) is 8.20. The molecule has 0 fully saturated rings. The van der Waals surface area contributed by atoms with E-state index >= 15 is 0 Å². The second-order valence-corrected chi connectivity index (χ2v) is 6.50. The van der Waals surface area contributed by atoms with Crippen LogP contribution in [-0.4, -0.2) is 24.9 Å². The lowest BCUT2D eigenvalue weighted by atomic mass is 10.1. The van der Waals surface area contributed by atoms with Crippen molar-refractivity contribution in [1.82, 2.24) is 5.32 Å². The van der Waals surface area contributed by atoms with Crippen LogP contribution in [0, 0.1) is 0 Å². The van der Waals surface area contributed by atoms with Gasteiger partial charge in [0.25, 0.3) is 0 Å². The van der Waals surface area contributed by atoms with Crippen LogP contribution in [0.15, 0.2) is 30.3 Å². The highest BCUT2D eigenvalue weighted by molar-refractivity contribution is 7.54. The Morgan fingerprint density at radius 3 is 2.20 bits per heavy atom. The van der Waals surface area contributed by atoms with E-state index in [1.165, 1.54) is 6.92 Å². The van der Waals surface area contributed by atoms with E-state index in [4.69, 9.17) is 9.05 Å². The molecule has 0 unspecified atom stereocenters. The topological polar surface area (TPSA) is 64.6 Å². The molecule has 1 amide bonds. The van der Waals surface area contributed by atoms with Crippen molar-refractivity contribution in [1.29, 1.82) is 0 Å². The highest BCUT2D eigenvalue weighted by Crippen LogP contribution is 2.52. The van der Waals surface area contributed by atoms with Crippen LogP contribution in [0.3, 0.4) is 0 Å². The normalized spacial score (nSPS) is 12.9. The summed E-state index contributed by atoms with van der Waals surface area (Å²) in [5.41, 5.74) is 0.964. The van der Waals surface area contributed by atoms with E-state index in [1.807, 2.05) is 30.3 Å². The first-order chi connectivity index (χ1) is 9.51. The van der Waals surface area contributed by atoms with Gasteiger partial charge in [0.1, 0.15) is 5.78 Å². The SMILES string of the molecule is CCOP(=O)(OCC)[C@H](Cc1ccccc1)NC(C)=O. The lowest BCUT2D eigenvalue weighted by Crippen LogP contribution is -2.36. The van der Waals surface area contributed by atoms with Gasteiger partial charge in [0.2, 0.25) is 5.91 Å². The van der Waals surface area contributed by atoms with Gasteiger partial charge in [-0.1, -0.05) is 30.3 Å². The molecule has 0 aromatic heterocycles. The summed E-state index contributed by atoms with van der Waals surface area (Å²) in [4.78, 5) is 11.4. The summed E-state index contributed by atoms with van der Waals surface area (Å²) in [5.74, 6) is -0.937. The van der Waals surface area contributed by atoms with Crippen LogP contribution >= 0.6 is 7.60 Å². The highest BCUT2D eigenvalue weighted by Gasteiger charge is 2.36. The maximum atomic E-state index is 12.8. The van der Waals surface area contributed by atoms with Gasteiger partial charge in [0.15, 0.2) is 0 Å². The van der Waals surface area contributed by atoms with Crippen LogP contribution in [-0.2, 0) is 24.8 Å². The van der Waals surface area contributed by atoms with Gasteiger partial charge in [-0.05, 0) is 19.4 Å². The van der Waals surface area contributed by atoms with E-state index in [2.05, 4.69) is 5.32 Å². The fraction of sp³-hybridized carbons (Fsp3) is 0.500. The fourth-order valence-electron chi connectivity index (χ4n) is 1.89. The average molecular weight is 299 g/mol. The standard InChI is InChI=1S/C14H22NO4P/c1-4-18-20(17,19-5-2)14(15-12(3)16)11-13-9-7-6-8-10-13/h6-10,14H,4-5,11H2,1-3H3,(H,15,16)/t14-/m1/s1. The number of carbonyl (C=O) groups is 1. The molecule has 0 heterocycles. The smallest absolute Gasteiger partial charge is 0.342 e. The van der Waals surface area contributed by atoms with Gasteiger partial charge in [0, 0.05) is 13.3 Å². The first-order valence-corrected chi connectivity index (χ1v) is 8.32. The van der Waals surface area contributed by atoms with Crippen LogP contribution < -0.4 is 5.32 Å². The number of hydrogen-bond donors (Lipinski definition) is 1. The predicted octanol–water partition coefficient (Wildman–Crippen LogP) is 2.96. The number of carbonyl (C=O) groups excluding carboxylic acids is 1. The summed E-state index contributed by atoms with van der Waals surface area (Å²) in [7, 11) is -3.38. The monoisotopic (exact) mass is 299 g/mol. The van der Waals surface area contributed by atoms with Crippen molar-refractivity contribution in [3.63, 3.8) is 0 Å². The molecule has 0 saturated carbocycles. The third-order valence-corrected chi connectivity index (χ3v) is 4.95. The highest BCUT2D eigenvalue weighted by atomic mass is 31.2. The van der Waals surface area contributed by atoms with E-state index in [0.717, 1.165) is 5.56 Å². The van der Waals surface area contributed by atoms with Gasteiger partial charge in [0.05, 0.1) is 13.2 Å². The zero-order valence-corrected chi connectivity index (χ0v) is 13.1. The van der Waals surface area contributed by atoms with Crippen LogP contribution in [0.4, 0.5) is 0 Å². The molecule has 1 N–H and O–H groups in total. The summed E-state index contributed by atoms with van der Waals surface area (Å²) in [6, 6.07) is 9.52. The minimum Gasteiger partial charge on any atom is -0.342 e. The van der Waals surface area contributed by atoms with Crippen molar-refractivity contribution in [3.8, 4) is 0 Å². The van der Waals surface area contributed by atoms with E-state index in [-0.39, 0.29) is 19.1 Å². The Hall–Kier alpha value is -1.16. The van der Waals surface area contributed by atoms with Crippen molar-refractivity contribution >= 4 is 13.5 Å². The molecule has 20 heavy (non-hydrogen) atoms. The molecule has 1 aromatic carbocycles. The number of nitrogens with one attached hydrogen (secondary N) is 1.